The lowest BCUT2D eigenvalue weighted by Crippen LogP contribution is -2.58. The number of amides is 1. The molecule has 2 N–H and O–H groups in total. The Morgan fingerprint density at radius 1 is 1.00 bits per heavy atom. The van der Waals surface area contributed by atoms with Gasteiger partial charge in [0, 0.05) is 36.2 Å². The van der Waals surface area contributed by atoms with Crippen molar-refractivity contribution in [3.05, 3.63) is 70.7 Å². The normalized spacial score (nSPS) is 18.2. The van der Waals surface area contributed by atoms with Crippen molar-refractivity contribution in [2.75, 3.05) is 20.1 Å². The summed E-state index contributed by atoms with van der Waals surface area (Å²) in [5, 5.41) is 1.38. The third-order valence-corrected chi connectivity index (χ3v) is 10.4. The van der Waals surface area contributed by atoms with E-state index < -0.39 is 33.5 Å². The molecular formula is C30H34BrF2N3O4S. The zero-order valence-corrected chi connectivity index (χ0v) is 25.2. The van der Waals surface area contributed by atoms with Crippen molar-refractivity contribution in [1.29, 1.82) is 0 Å². The summed E-state index contributed by atoms with van der Waals surface area (Å²) in [6.07, 6.45) is 5.39. The molecule has 1 heterocycles. The molecule has 2 fully saturated rings. The van der Waals surface area contributed by atoms with Crippen LogP contribution in [0.3, 0.4) is 0 Å². The van der Waals surface area contributed by atoms with E-state index in [0.29, 0.717) is 32.8 Å². The summed E-state index contributed by atoms with van der Waals surface area (Å²) in [4.78, 5) is 14.8. The largest absolute Gasteiger partial charge is 0.490 e. The molecular weight excluding hydrogens is 616 g/mol. The number of ether oxygens (including phenoxy) is 1. The molecule has 3 aromatic carbocycles. The topological polar surface area (TPSA) is 92.9 Å². The van der Waals surface area contributed by atoms with E-state index in [4.69, 9.17) is 10.5 Å². The third-order valence-electron chi connectivity index (χ3n) is 8.09. The number of rotatable bonds is 8. The zero-order chi connectivity index (χ0) is 29.4. The molecule has 11 heteroatoms. The van der Waals surface area contributed by atoms with Crippen molar-refractivity contribution in [3.63, 3.8) is 0 Å². The van der Waals surface area contributed by atoms with Crippen LogP contribution in [0.15, 0.2) is 70.0 Å². The lowest BCUT2D eigenvalue weighted by atomic mass is 9.98. The molecule has 41 heavy (non-hydrogen) atoms. The van der Waals surface area contributed by atoms with Crippen LogP contribution >= 0.6 is 15.9 Å². The lowest BCUT2D eigenvalue weighted by molar-refractivity contribution is -0.151. The molecule has 0 radical (unpaired) electrons. The van der Waals surface area contributed by atoms with Crippen molar-refractivity contribution < 1.29 is 26.7 Å². The van der Waals surface area contributed by atoms with Crippen molar-refractivity contribution in [3.8, 4) is 5.75 Å². The van der Waals surface area contributed by atoms with E-state index in [0.717, 1.165) is 38.1 Å². The van der Waals surface area contributed by atoms with Gasteiger partial charge in [-0.25, -0.2) is 8.42 Å². The first-order chi connectivity index (χ1) is 19.5. The maximum Gasteiger partial charge on any atom is 0.298 e. The zero-order valence-electron chi connectivity index (χ0n) is 22.8. The Balaban J connectivity index is 1.48. The average molecular weight is 651 g/mol. The van der Waals surface area contributed by atoms with Crippen LogP contribution in [0.5, 0.6) is 5.75 Å². The Morgan fingerprint density at radius 2 is 1.61 bits per heavy atom. The van der Waals surface area contributed by atoms with Crippen molar-refractivity contribution in [2.24, 2.45) is 5.73 Å². The number of carbonyl (C=O) groups excluding carboxylic acids is 1. The molecule has 5 rings (SSSR count). The number of benzene rings is 3. The van der Waals surface area contributed by atoms with E-state index in [-0.39, 0.29) is 30.1 Å². The predicted octanol–water partition coefficient (Wildman–Crippen LogP) is 5.65. The van der Waals surface area contributed by atoms with Crippen molar-refractivity contribution >= 4 is 42.6 Å². The van der Waals surface area contributed by atoms with E-state index in [2.05, 4.69) is 15.9 Å². The lowest BCUT2D eigenvalue weighted by Gasteiger charge is -2.38. The number of hydrogen-bond acceptors (Lipinski definition) is 5. The number of likely N-dealkylation sites (tertiary alicyclic amines) is 1. The molecule has 1 saturated heterocycles. The van der Waals surface area contributed by atoms with Gasteiger partial charge in [0.2, 0.25) is 15.9 Å². The molecule has 0 spiro atoms. The first-order valence-electron chi connectivity index (χ1n) is 13.8. The molecule has 0 aromatic heterocycles. The van der Waals surface area contributed by atoms with Crippen LogP contribution in [0, 0.1) is 0 Å². The van der Waals surface area contributed by atoms with Crippen LogP contribution in [0.25, 0.3) is 10.8 Å². The summed E-state index contributed by atoms with van der Waals surface area (Å²) in [7, 11) is -3.47. The molecule has 1 amide bonds. The van der Waals surface area contributed by atoms with Gasteiger partial charge in [0.05, 0.1) is 11.0 Å². The number of piperidine rings is 1. The second kappa shape index (κ2) is 11.9. The highest BCUT2D eigenvalue weighted by atomic mass is 79.9. The van der Waals surface area contributed by atoms with Crippen LogP contribution < -0.4 is 10.5 Å². The Labute approximate surface area is 247 Å². The highest BCUT2D eigenvalue weighted by Crippen LogP contribution is 2.39. The molecule has 0 bridgehead atoms. The standard InChI is InChI=1S/C30H34BrF2N3O4S/c1-35(28(29(37)36-16-14-24(34)15-17-36)30(32,33)22-8-10-23(31)11-9-22)41(38,39)27-13-7-20-18-26(12-6-21(20)19-27)40-25-4-2-3-5-25/h6-13,18-19,24-25,28H,2-5,14-17,34H2,1H3/t28-/m1/s1. The Morgan fingerprint density at radius 3 is 2.27 bits per heavy atom. The first-order valence-corrected chi connectivity index (χ1v) is 16.1. The van der Waals surface area contributed by atoms with Gasteiger partial charge in [-0.2, -0.15) is 13.1 Å². The van der Waals surface area contributed by atoms with E-state index in [1.165, 1.54) is 41.3 Å². The van der Waals surface area contributed by atoms with E-state index in [1.54, 1.807) is 18.2 Å². The minimum atomic E-state index is -4.51. The molecule has 1 atom stereocenters. The predicted molar refractivity (Wildman–Crippen MR) is 157 cm³/mol. The third kappa shape index (κ3) is 6.28. The molecule has 2 aliphatic rings. The van der Waals surface area contributed by atoms with E-state index in [1.807, 2.05) is 6.07 Å². The van der Waals surface area contributed by atoms with Crippen molar-refractivity contribution in [1.82, 2.24) is 9.21 Å². The average Bonchev–Trinajstić information content (AvgIpc) is 3.46. The Hall–Kier alpha value is -2.60. The van der Waals surface area contributed by atoms with Crippen LogP contribution in [0.1, 0.15) is 44.1 Å². The van der Waals surface area contributed by atoms with Gasteiger partial charge in [-0.15, -0.1) is 0 Å². The van der Waals surface area contributed by atoms with Crippen LogP contribution in [0.4, 0.5) is 8.78 Å². The minimum Gasteiger partial charge on any atom is -0.490 e. The number of hydrogen-bond donors (Lipinski definition) is 1. The molecule has 3 aromatic rings. The highest BCUT2D eigenvalue weighted by molar-refractivity contribution is 9.10. The van der Waals surface area contributed by atoms with Crippen LogP contribution in [-0.4, -0.2) is 61.9 Å². The summed E-state index contributed by atoms with van der Waals surface area (Å²) >= 11 is 3.24. The summed E-state index contributed by atoms with van der Waals surface area (Å²) in [5.74, 6) is -4.06. The van der Waals surface area contributed by atoms with Gasteiger partial charge in [0.1, 0.15) is 5.75 Å². The fraction of sp³-hybridized carbons (Fsp3) is 0.433. The number of carbonyl (C=O) groups is 1. The number of sulfonamides is 1. The van der Waals surface area contributed by atoms with Crippen LogP contribution in [-0.2, 0) is 20.7 Å². The maximum atomic E-state index is 16.2. The van der Waals surface area contributed by atoms with Gasteiger partial charge in [0.15, 0.2) is 6.04 Å². The summed E-state index contributed by atoms with van der Waals surface area (Å²) < 4.78 is 67.3. The second-order valence-corrected chi connectivity index (χ2v) is 13.8. The summed E-state index contributed by atoms with van der Waals surface area (Å²) in [6, 6.07) is 12.7. The second-order valence-electron chi connectivity index (χ2n) is 10.9. The fourth-order valence-electron chi connectivity index (χ4n) is 5.60. The number of halogens is 3. The summed E-state index contributed by atoms with van der Waals surface area (Å²) in [5.41, 5.74) is 5.50. The highest BCUT2D eigenvalue weighted by Gasteiger charge is 2.53. The Bertz CT molecular complexity index is 1510. The molecule has 1 aliphatic carbocycles. The monoisotopic (exact) mass is 649 g/mol. The molecule has 1 saturated carbocycles. The van der Waals surface area contributed by atoms with E-state index >= 15 is 8.78 Å². The number of alkyl halides is 2. The summed E-state index contributed by atoms with van der Waals surface area (Å²) in [6.45, 7) is 0.365. The number of nitrogens with two attached hydrogens (primary N) is 1. The van der Waals surface area contributed by atoms with Gasteiger partial charge in [-0.3, -0.25) is 4.79 Å². The molecule has 0 unspecified atom stereocenters. The van der Waals surface area contributed by atoms with E-state index in [9.17, 15) is 13.2 Å². The van der Waals surface area contributed by atoms with Gasteiger partial charge in [-0.05, 0) is 85.7 Å². The quantitative estimate of drug-likeness (QED) is 0.340. The molecule has 7 nitrogen and oxygen atoms in total. The van der Waals surface area contributed by atoms with Gasteiger partial charge in [-0.1, -0.05) is 40.2 Å². The van der Waals surface area contributed by atoms with Gasteiger partial charge < -0.3 is 15.4 Å². The number of fused-ring (bicyclic) bond motifs is 1. The van der Waals surface area contributed by atoms with Crippen LogP contribution in [0.2, 0.25) is 0 Å². The van der Waals surface area contributed by atoms with Gasteiger partial charge >= 0.3 is 0 Å². The maximum absolute atomic E-state index is 16.2. The number of likely N-dealkylation sites (N-methyl/N-ethyl adjacent to an activating group) is 1. The first kappa shape index (κ1) is 29.9. The SMILES string of the molecule is CN([C@H](C(=O)N1CCC(N)CC1)C(F)(F)c1ccc(Br)cc1)S(=O)(=O)c1ccc2cc(OC3CCCC3)ccc2c1. The smallest absolute Gasteiger partial charge is 0.298 e. The number of nitrogens with zero attached hydrogens (tertiary/aromatic N) is 2. The van der Waals surface area contributed by atoms with Gasteiger partial charge in [0.25, 0.3) is 5.92 Å². The van der Waals surface area contributed by atoms with Crippen molar-refractivity contribution in [2.45, 2.75) is 67.5 Å². The fourth-order valence-corrected chi connectivity index (χ4v) is 7.21. The molecule has 220 valence electrons. The Kier molecular flexibility index (Phi) is 8.71. The molecule has 1 aliphatic heterocycles. The minimum absolute atomic E-state index is 0.132.